The predicted octanol–water partition coefficient (Wildman–Crippen LogP) is 6.31. The fraction of sp³-hybridized carbons (Fsp3) is 0.347. The van der Waals surface area contributed by atoms with Gasteiger partial charge >= 0.3 is 11.9 Å². The van der Waals surface area contributed by atoms with Gasteiger partial charge in [-0.3, -0.25) is 14.4 Å². The number of ether oxygens (including phenoxy) is 4. The number of benzene rings is 4. The van der Waals surface area contributed by atoms with Gasteiger partial charge in [0.2, 0.25) is 5.91 Å². The van der Waals surface area contributed by atoms with Crippen LogP contribution < -0.4 is 10.6 Å². The fourth-order valence-electron chi connectivity index (χ4n) is 7.97. The summed E-state index contributed by atoms with van der Waals surface area (Å²) in [5.41, 5.74) is 4.67. The molecule has 1 spiro atoms. The first kappa shape index (κ1) is 43.0. The number of nitrogens with one attached hydrogen (secondary N) is 2. The van der Waals surface area contributed by atoms with Crippen LogP contribution in [0.25, 0.3) is 6.08 Å². The number of aliphatic hydroxyl groups excluding tert-OH is 1. The maximum atomic E-state index is 14.0. The lowest BCUT2D eigenvalue weighted by Crippen LogP contribution is -2.43. The van der Waals surface area contributed by atoms with Gasteiger partial charge in [-0.2, -0.15) is 0 Å². The van der Waals surface area contributed by atoms with E-state index in [0.717, 1.165) is 16.7 Å². The summed E-state index contributed by atoms with van der Waals surface area (Å²) in [5, 5.41) is 25.8. The number of phenolic OH excluding ortho intramolecular Hbond substituents is 1. The second kappa shape index (κ2) is 18.7. The number of aliphatic hydroxyl groups is 1. The van der Waals surface area contributed by atoms with Crippen molar-refractivity contribution < 1.29 is 48.3 Å². The molecule has 2 amide bonds. The van der Waals surface area contributed by atoms with E-state index in [1.54, 1.807) is 75.4 Å². The van der Waals surface area contributed by atoms with Crippen molar-refractivity contribution in [2.45, 2.75) is 102 Å². The van der Waals surface area contributed by atoms with Crippen LogP contribution in [0, 0.1) is 0 Å². The molecule has 4 unspecified atom stereocenters. The van der Waals surface area contributed by atoms with E-state index in [1.807, 2.05) is 60.7 Å². The monoisotopic (exact) mass is 828 g/mol. The molecule has 1 heterocycles. The van der Waals surface area contributed by atoms with Crippen LogP contribution in [-0.4, -0.2) is 76.3 Å². The van der Waals surface area contributed by atoms with E-state index in [0.29, 0.717) is 47.1 Å². The van der Waals surface area contributed by atoms with E-state index in [9.17, 15) is 29.4 Å². The van der Waals surface area contributed by atoms with Crippen LogP contribution in [0.3, 0.4) is 0 Å². The van der Waals surface area contributed by atoms with Gasteiger partial charge in [-0.15, -0.1) is 0 Å². The van der Waals surface area contributed by atoms with Crippen LogP contribution in [-0.2, 0) is 54.3 Å². The first-order valence-electron chi connectivity index (χ1n) is 20.7. The Labute approximate surface area is 355 Å². The fourth-order valence-corrected chi connectivity index (χ4v) is 7.97. The summed E-state index contributed by atoms with van der Waals surface area (Å²) in [5.74, 6) is -2.59. The Hall–Kier alpha value is -6.08. The van der Waals surface area contributed by atoms with E-state index in [1.165, 1.54) is 0 Å². The summed E-state index contributed by atoms with van der Waals surface area (Å²) < 4.78 is 24.9. The predicted molar refractivity (Wildman–Crippen MR) is 227 cm³/mol. The minimum Gasteiger partial charge on any atom is -0.508 e. The minimum absolute atomic E-state index is 0.0325. The molecule has 12 heteroatoms. The molecular weight excluding hydrogens is 777 g/mol. The molecule has 318 valence electrons. The first-order chi connectivity index (χ1) is 29.3. The highest BCUT2D eigenvalue weighted by Gasteiger charge is 2.55. The number of para-hydroxylation sites is 1. The van der Waals surface area contributed by atoms with Gasteiger partial charge < -0.3 is 39.8 Å². The molecule has 7 rings (SSSR count). The van der Waals surface area contributed by atoms with Crippen molar-refractivity contribution in [1.29, 1.82) is 0 Å². The molecule has 0 aromatic heterocycles. The number of amides is 2. The van der Waals surface area contributed by atoms with Gasteiger partial charge in [0.05, 0.1) is 18.2 Å². The minimum atomic E-state index is -0.971. The van der Waals surface area contributed by atoms with Crippen LogP contribution in [0.1, 0.15) is 88.6 Å². The molecule has 2 aliphatic carbocycles. The van der Waals surface area contributed by atoms with Crippen LogP contribution in [0.4, 0.5) is 0 Å². The van der Waals surface area contributed by atoms with E-state index in [2.05, 4.69) is 10.6 Å². The van der Waals surface area contributed by atoms with E-state index >= 15 is 0 Å². The molecule has 1 saturated heterocycles. The van der Waals surface area contributed by atoms with Gasteiger partial charge in [-0.25, -0.2) is 4.79 Å². The molecule has 12 nitrogen and oxygen atoms in total. The normalized spacial score (nSPS) is 19.4. The molecule has 1 fully saturated rings. The largest absolute Gasteiger partial charge is 0.508 e. The highest BCUT2D eigenvalue weighted by molar-refractivity contribution is 5.96. The third-order valence-corrected chi connectivity index (χ3v) is 10.9. The summed E-state index contributed by atoms with van der Waals surface area (Å²) in [6.07, 6.45) is 5.07. The van der Waals surface area contributed by atoms with Crippen molar-refractivity contribution in [3.8, 4) is 5.75 Å². The SMILES string of the molecule is CC(C)(C)OC(=O)CCC(CO)NC(=O)c1cccc(CNC(=O)C2=CC3OC4(Cc5ccccc5C4)OC3C(OC(=O)c3ccccc3C=CCc3ccccc3O)C2)c1. The van der Waals surface area contributed by atoms with Gasteiger partial charge in [0.25, 0.3) is 5.91 Å². The summed E-state index contributed by atoms with van der Waals surface area (Å²) in [6, 6.07) is 28.3. The zero-order chi connectivity index (χ0) is 43.1. The average Bonchev–Trinajstić information content (AvgIpc) is 3.79. The molecular formula is C49H52N2O10. The lowest BCUT2D eigenvalue weighted by molar-refractivity contribution is -0.172. The van der Waals surface area contributed by atoms with Gasteiger partial charge in [0, 0.05) is 43.4 Å². The number of carbonyl (C=O) groups is 4. The summed E-state index contributed by atoms with van der Waals surface area (Å²) in [4.78, 5) is 53.2. The number of allylic oxidation sites excluding steroid dienone is 1. The molecule has 0 saturated carbocycles. The van der Waals surface area contributed by atoms with Gasteiger partial charge in [0.1, 0.15) is 29.7 Å². The van der Waals surface area contributed by atoms with Gasteiger partial charge in [0.15, 0.2) is 5.79 Å². The topological polar surface area (TPSA) is 170 Å². The Bertz CT molecular complexity index is 2300. The Kier molecular flexibility index (Phi) is 13.2. The molecule has 1 aliphatic heterocycles. The van der Waals surface area contributed by atoms with Crippen molar-refractivity contribution in [2.24, 2.45) is 0 Å². The molecule has 0 bridgehead atoms. The average molecular weight is 829 g/mol. The molecule has 3 aliphatic rings. The summed E-state index contributed by atoms with van der Waals surface area (Å²) >= 11 is 0. The van der Waals surface area contributed by atoms with E-state index in [-0.39, 0.29) is 44.1 Å². The lowest BCUT2D eigenvalue weighted by atomic mass is 9.91. The Morgan fingerprint density at radius 3 is 2.36 bits per heavy atom. The number of carbonyl (C=O) groups excluding carboxylic acids is 4. The van der Waals surface area contributed by atoms with E-state index < -0.39 is 53.6 Å². The maximum absolute atomic E-state index is 14.0. The van der Waals surface area contributed by atoms with Crippen molar-refractivity contribution >= 4 is 29.8 Å². The van der Waals surface area contributed by atoms with Crippen molar-refractivity contribution in [1.82, 2.24) is 10.6 Å². The zero-order valence-corrected chi connectivity index (χ0v) is 34.6. The second-order valence-electron chi connectivity index (χ2n) is 16.7. The number of hydrogen-bond acceptors (Lipinski definition) is 10. The summed E-state index contributed by atoms with van der Waals surface area (Å²) in [6.45, 7) is 5.05. The first-order valence-corrected chi connectivity index (χ1v) is 20.7. The molecule has 4 N–H and O–H groups in total. The van der Waals surface area contributed by atoms with Crippen LogP contribution in [0.15, 0.2) is 115 Å². The molecule has 4 aromatic rings. The zero-order valence-electron chi connectivity index (χ0n) is 34.6. The van der Waals surface area contributed by atoms with Crippen LogP contribution in [0.5, 0.6) is 5.75 Å². The van der Waals surface area contributed by atoms with Crippen molar-refractivity contribution in [3.63, 3.8) is 0 Å². The van der Waals surface area contributed by atoms with Crippen molar-refractivity contribution in [3.05, 3.63) is 154 Å². The third kappa shape index (κ3) is 10.8. The number of aromatic hydroxyl groups is 1. The number of fused-ring (bicyclic) bond motifs is 2. The molecule has 4 atom stereocenters. The van der Waals surface area contributed by atoms with Crippen molar-refractivity contribution in [2.75, 3.05) is 6.61 Å². The highest BCUT2D eigenvalue weighted by atomic mass is 16.8. The highest BCUT2D eigenvalue weighted by Crippen LogP contribution is 2.45. The smallest absolute Gasteiger partial charge is 0.339 e. The number of phenols is 1. The Balaban J connectivity index is 1.03. The second-order valence-corrected chi connectivity index (χ2v) is 16.7. The van der Waals surface area contributed by atoms with Crippen LogP contribution in [0.2, 0.25) is 0 Å². The third-order valence-electron chi connectivity index (χ3n) is 10.9. The van der Waals surface area contributed by atoms with Gasteiger partial charge in [-0.05, 0) is 91.8 Å². The number of hydrogen-bond donors (Lipinski definition) is 4. The molecule has 61 heavy (non-hydrogen) atoms. The Morgan fingerprint density at radius 2 is 1.62 bits per heavy atom. The molecule has 0 radical (unpaired) electrons. The standard InChI is InChI=1S/C49H52N2O10/c1-48(2,3)60-43(54)23-22-38(30-52)51-46(56)34-19-10-12-31(24-34)29-50-45(55)37-25-41(44-42(26-37)59-49(61-44)27-35-15-4-5-16-36(35)28-49)58-47(57)39-20-8-6-13-32(39)17-11-18-33-14-7-9-21-40(33)53/h4-17,19-21,24,26,38,41-42,44,52-53H,18,22-23,25,27-30H2,1-3H3,(H,50,55)(H,51,56). The number of rotatable bonds is 14. The summed E-state index contributed by atoms with van der Waals surface area (Å²) in [7, 11) is 0. The molecule has 4 aromatic carbocycles. The van der Waals surface area contributed by atoms with Gasteiger partial charge in [-0.1, -0.05) is 84.9 Å². The van der Waals surface area contributed by atoms with E-state index in [4.69, 9.17) is 18.9 Å². The Morgan fingerprint density at radius 1 is 0.902 bits per heavy atom. The number of esters is 2. The maximum Gasteiger partial charge on any atom is 0.339 e. The van der Waals surface area contributed by atoms with Crippen LogP contribution >= 0.6 is 0 Å². The lowest BCUT2D eigenvalue weighted by Gasteiger charge is -2.30. The quantitative estimate of drug-likeness (QED) is 0.106.